The Bertz CT molecular complexity index is 549. The van der Waals surface area contributed by atoms with E-state index in [1.807, 2.05) is 0 Å². The third-order valence-corrected chi connectivity index (χ3v) is 3.49. The van der Waals surface area contributed by atoms with Crippen LogP contribution < -0.4 is 4.90 Å². The first-order valence-corrected chi connectivity index (χ1v) is 7.26. The van der Waals surface area contributed by atoms with Gasteiger partial charge in [0.15, 0.2) is 0 Å². The first-order valence-electron chi connectivity index (χ1n) is 7.26. The number of para-hydroxylation sites is 1. The van der Waals surface area contributed by atoms with Crippen molar-refractivity contribution in [2.45, 2.75) is 51.3 Å². The Morgan fingerprint density at radius 2 is 1.86 bits per heavy atom. The van der Waals surface area contributed by atoms with Crippen molar-refractivity contribution < 1.29 is 22.7 Å². The second-order valence-electron chi connectivity index (χ2n) is 6.43. The fraction of sp³-hybridized carbons (Fsp3) is 0.562. The highest BCUT2D eigenvalue weighted by atomic mass is 19.4. The number of fused-ring (bicyclic) bond motifs is 1. The maximum atomic E-state index is 13.3. The number of ether oxygens (including phenoxy) is 1. The molecule has 22 heavy (non-hydrogen) atoms. The van der Waals surface area contributed by atoms with Crippen molar-refractivity contribution in [3.05, 3.63) is 29.8 Å². The number of carbonyl (C=O) groups is 1. The molecular formula is C16H20F3NO2. The highest BCUT2D eigenvalue weighted by molar-refractivity contribution is 5.89. The molecule has 0 saturated carbocycles. The van der Waals surface area contributed by atoms with Gasteiger partial charge in [-0.15, -0.1) is 0 Å². The molecule has 122 valence electrons. The van der Waals surface area contributed by atoms with Crippen molar-refractivity contribution in [3.8, 4) is 0 Å². The Balaban J connectivity index is 2.40. The number of carbonyl (C=O) groups excluding carboxylic acids is 1. The van der Waals surface area contributed by atoms with Gasteiger partial charge in [-0.05, 0) is 45.2 Å². The van der Waals surface area contributed by atoms with Crippen molar-refractivity contribution in [1.82, 2.24) is 0 Å². The highest BCUT2D eigenvalue weighted by Crippen LogP contribution is 2.44. The minimum atomic E-state index is -4.32. The molecule has 0 spiro atoms. The minimum absolute atomic E-state index is 0.0280. The first kappa shape index (κ1) is 16.6. The Morgan fingerprint density at radius 1 is 1.23 bits per heavy atom. The fourth-order valence-corrected chi connectivity index (χ4v) is 2.60. The number of halogens is 3. The molecule has 1 aromatic carbocycles. The van der Waals surface area contributed by atoms with Crippen LogP contribution in [0.25, 0.3) is 0 Å². The van der Waals surface area contributed by atoms with Gasteiger partial charge in [-0.2, -0.15) is 13.2 Å². The summed E-state index contributed by atoms with van der Waals surface area (Å²) in [5.74, 6) is -1.55. The predicted octanol–water partition coefficient (Wildman–Crippen LogP) is 4.87. The van der Waals surface area contributed by atoms with E-state index in [0.717, 1.165) is 0 Å². The topological polar surface area (TPSA) is 29.5 Å². The van der Waals surface area contributed by atoms with Crippen LogP contribution in [-0.4, -0.2) is 24.4 Å². The molecule has 0 fully saturated rings. The molecular weight excluding hydrogens is 295 g/mol. The third kappa shape index (κ3) is 3.72. The van der Waals surface area contributed by atoms with Gasteiger partial charge in [-0.3, -0.25) is 4.90 Å². The summed E-state index contributed by atoms with van der Waals surface area (Å²) < 4.78 is 45.1. The zero-order chi connectivity index (χ0) is 16.5. The fourth-order valence-electron chi connectivity index (χ4n) is 2.60. The molecule has 1 aliphatic rings. The van der Waals surface area contributed by atoms with Gasteiger partial charge in [0, 0.05) is 6.54 Å². The van der Waals surface area contributed by atoms with Crippen LogP contribution >= 0.6 is 0 Å². The van der Waals surface area contributed by atoms with E-state index < -0.39 is 23.8 Å². The molecule has 0 saturated heterocycles. The van der Waals surface area contributed by atoms with E-state index in [1.165, 1.54) is 11.0 Å². The summed E-state index contributed by atoms with van der Waals surface area (Å²) in [4.78, 5) is 13.6. The number of nitrogens with zero attached hydrogens (tertiary/aromatic N) is 1. The number of amides is 1. The van der Waals surface area contributed by atoms with Crippen molar-refractivity contribution in [2.24, 2.45) is 0 Å². The zero-order valence-corrected chi connectivity index (χ0v) is 12.9. The normalized spacial score (nSPS) is 19.4. The van der Waals surface area contributed by atoms with Crippen LogP contribution in [0.15, 0.2) is 24.3 Å². The summed E-state index contributed by atoms with van der Waals surface area (Å²) >= 11 is 0. The Labute approximate surface area is 128 Å². The van der Waals surface area contributed by atoms with Gasteiger partial charge in [0.2, 0.25) is 0 Å². The molecule has 1 heterocycles. The van der Waals surface area contributed by atoms with E-state index in [9.17, 15) is 18.0 Å². The molecule has 6 heteroatoms. The molecule has 1 atom stereocenters. The average Bonchev–Trinajstić information content (AvgIpc) is 2.55. The van der Waals surface area contributed by atoms with Gasteiger partial charge in [-0.25, -0.2) is 4.79 Å². The average molecular weight is 315 g/mol. The molecule has 3 nitrogen and oxygen atoms in total. The van der Waals surface area contributed by atoms with E-state index in [0.29, 0.717) is 0 Å². The predicted molar refractivity (Wildman–Crippen MR) is 78.1 cm³/mol. The maximum Gasteiger partial charge on any atom is 0.414 e. The largest absolute Gasteiger partial charge is 0.443 e. The summed E-state index contributed by atoms with van der Waals surface area (Å²) in [6.07, 6.45) is -4.68. The lowest BCUT2D eigenvalue weighted by Crippen LogP contribution is -2.37. The van der Waals surface area contributed by atoms with Crippen molar-refractivity contribution >= 4 is 11.8 Å². The van der Waals surface area contributed by atoms with E-state index in [1.54, 1.807) is 39.0 Å². The van der Waals surface area contributed by atoms with Crippen LogP contribution in [0.4, 0.5) is 23.7 Å². The Morgan fingerprint density at radius 3 is 2.45 bits per heavy atom. The molecule has 0 bridgehead atoms. The molecule has 2 rings (SSSR count). The van der Waals surface area contributed by atoms with Gasteiger partial charge >= 0.3 is 12.3 Å². The molecule has 1 aliphatic heterocycles. The Kier molecular flexibility index (Phi) is 4.40. The van der Waals surface area contributed by atoms with Gasteiger partial charge in [0.05, 0.1) is 11.6 Å². The molecule has 0 aromatic heterocycles. The van der Waals surface area contributed by atoms with Crippen molar-refractivity contribution in [3.63, 3.8) is 0 Å². The summed E-state index contributed by atoms with van der Waals surface area (Å²) in [5.41, 5.74) is -0.267. The van der Waals surface area contributed by atoms with E-state index >= 15 is 0 Å². The smallest absolute Gasteiger partial charge is 0.414 e. The van der Waals surface area contributed by atoms with E-state index in [-0.39, 0.29) is 30.6 Å². The molecule has 1 amide bonds. The number of alkyl halides is 3. The number of hydrogen-bond donors (Lipinski definition) is 0. The molecule has 0 radical (unpaired) electrons. The summed E-state index contributed by atoms with van der Waals surface area (Å²) in [6, 6.07) is 6.19. The van der Waals surface area contributed by atoms with E-state index in [2.05, 4.69) is 0 Å². The quantitative estimate of drug-likeness (QED) is 0.683. The van der Waals surface area contributed by atoms with Gasteiger partial charge in [-0.1, -0.05) is 18.2 Å². The third-order valence-electron chi connectivity index (χ3n) is 3.49. The number of benzene rings is 1. The monoisotopic (exact) mass is 315 g/mol. The van der Waals surface area contributed by atoms with Crippen LogP contribution in [0.2, 0.25) is 0 Å². The lowest BCUT2D eigenvalue weighted by atomic mass is 9.93. The Hall–Kier alpha value is -1.72. The van der Waals surface area contributed by atoms with Gasteiger partial charge < -0.3 is 4.74 Å². The van der Waals surface area contributed by atoms with Crippen LogP contribution in [0.1, 0.15) is 45.1 Å². The number of anilines is 1. The van der Waals surface area contributed by atoms with Crippen molar-refractivity contribution in [2.75, 3.05) is 11.4 Å². The second-order valence-corrected chi connectivity index (χ2v) is 6.43. The van der Waals surface area contributed by atoms with E-state index in [4.69, 9.17) is 4.74 Å². The molecule has 0 aliphatic carbocycles. The standard InChI is InChI=1S/C16H20F3NO2/c1-15(2,3)22-14(21)20-10-6-8-12(16(17,18)19)11-7-4-5-9-13(11)20/h4-5,7,9,12H,6,8,10H2,1-3H3. The molecule has 0 N–H and O–H groups in total. The summed E-state index contributed by atoms with van der Waals surface area (Å²) in [5, 5.41) is 0. The van der Waals surface area contributed by atoms with Crippen LogP contribution in [0, 0.1) is 0 Å². The zero-order valence-electron chi connectivity index (χ0n) is 12.9. The van der Waals surface area contributed by atoms with Gasteiger partial charge in [0.1, 0.15) is 5.60 Å². The van der Waals surface area contributed by atoms with Crippen LogP contribution in [-0.2, 0) is 4.74 Å². The minimum Gasteiger partial charge on any atom is -0.443 e. The lowest BCUT2D eigenvalue weighted by molar-refractivity contribution is -0.151. The number of hydrogen-bond acceptors (Lipinski definition) is 2. The first-order chi connectivity index (χ1) is 10.1. The highest BCUT2D eigenvalue weighted by Gasteiger charge is 2.43. The second kappa shape index (κ2) is 5.82. The van der Waals surface area contributed by atoms with Crippen LogP contribution in [0.3, 0.4) is 0 Å². The van der Waals surface area contributed by atoms with Crippen molar-refractivity contribution in [1.29, 1.82) is 0 Å². The summed E-state index contributed by atoms with van der Waals surface area (Å²) in [6.45, 7) is 5.41. The summed E-state index contributed by atoms with van der Waals surface area (Å²) in [7, 11) is 0. The lowest BCUT2D eigenvalue weighted by Gasteiger charge is -2.28. The van der Waals surface area contributed by atoms with Crippen LogP contribution in [0.5, 0.6) is 0 Å². The molecule has 1 aromatic rings. The maximum absolute atomic E-state index is 13.3. The number of rotatable bonds is 0. The SMILES string of the molecule is CC(C)(C)OC(=O)N1CCCC(C(F)(F)F)c2ccccc21. The molecule has 1 unspecified atom stereocenters. The van der Waals surface area contributed by atoms with Gasteiger partial charge in [0.25, 0.3) is 0 Å².